The molecule has 2 aromatic carbocycles. The van der Waals surface area contributed by atoms with Crippen molar-refractivity contribution in [1.82, 2.24) is 4.31 Å². The Labute approximate surface area is 192 Å². The second-order valence-electron chi connectivity index (χ2n) is 6.89. The van der Waals surface area contributed by atoms with Crippen molar-refractivity contribution in [1.29, 1.82) is 0 Å². The minimum Gasteiger partial charge on any atom is -0.495 e. The van der Waals surface area contributed by atoms with E-state index in [0.29, 0.717) is 37.6 Å². The first-order chi connectivity index (χ1) is 14.7. The fourth-order valence-corrected chi connectivity index (χ4v) is 5.10. The molecular formula is C22H29BrN2O5S. The van der Waals surface area contributed by atoms with E-state index in [1.165, 1.54) is 23.5 Å². The summed E-state index contributed by atoms with van der Waals surface area (Å²) in [7, 11) is -2.17. The van der Waals surface area contributed by atoms with Crippen LogP contribution in [-0.4, -0.2) is 45.4 Å². The van der Waals surface area contributed by atoms with E-state index in [9.17, 15) is 13.2 Å². The van der Waals surface area contributed by atoms with E-state index in [2.05, 4.69) is 21.2 Å². The van der Waals surface area contributed by atoms with Crippen molar-refractivity contribution in [3.8, 4) is 11.5 Å². The first kappa shape index (κ1) is 25.2. The lowest BCUT2D eigenvalue weighted by molar-refractivity contribution is -0.116. The molecule has 0 radical (unpaired) electrons. The fraction of sp³-hybridized carbons (Fsp3) is 0.409. The number of halogens is 1. The second kappa shape index (κ2) is 11.5. The van der Waals surface area contributed by atoms with E-state index in [4.69, 9.17) is 9.47 Å². The molecule has 1 amide bonds. The lowest BCUT2D eigenvalue weighted by Crippen LogP contribution is -2.30. The number of nitrogens with zero attached hydrogens (tertiary/aromatic N) is 1. The number of carbonyl (C=O) groups excluding carboxylic acids is 1. The predicted molar refractivity (Wildman–Crippen MR) is 125 cm³/mol. The molecule has 0 saturated carbocycles. The zero-order valence-corrected chi connectivity index (χ0v) is 20.7. The Hall–Kier alpha value is -2.10. The summed E-state index contributed by atoms with van der Waals surface area (Å²) in [6.45, 7) is 6.67. The van der Waals surface area contributed by atoms with Crippen LogP contribution >= 0.6 is 15.9 Å². The minimum atomic E-state index is -3.64. The van der Waals surface area contributed by atoms with Gasteiger partial charge in [-0.25, -0.2) is 8.42 Å². The molecule has 0 unspecified atom stereocenters. The third kappa shape index (κ3) is 6.69. The van der Waals surface area contributed by atoms with Gasteiger partial charge in [-0.1, -0.05) is 19.9 Å². The number of ether oxygens (including phenoxy) is 2. The van der Waals surface area contributed by atoms with Gasteiger partial charge in [0.1, 0.15) is 11.5 Å². The molecule has 0 saturated heterocycles. The standard InChI is InChI=1S/C22H29BrN2O5S/c1-5-25(6-2)31(27,28)17-10-12-21(29-4)19(15-17)24-22(26)8-7-13-30-20-11-9-16(3)14-18(20)23/h9-12,14-15H,5-8,13H2,1-4H3,(H,24,26). The van der Waals surface area contributed by atoms with Gasteiger partial charge in [-0.3, -0.25) is 4.79 Å². The Morgan fingerprint density at radius 1 is 1.10 bits per heavy atom. The van der Waals surface area contributed by atoms with Crippen LogP contribution in [0.3, 0.4) is 0 Å². The molecule has 0 fully saturated rings. The quantitative estimate of drug-likeness (QED) is 0.445. The molecule has 2 rings (SSSR count). The van der Waals surface area contributed by atoms with Gasteiger partial charge >= 0.3 is 0 Å². The third-order valence-electron chi connectivity index (χ3n) is 4.68. The summed E-state index contributed by atoms with van der Waals surface area (Å²) in [6, 6.07) is 10.3. The van der Waals surface area contributed by atoms with Crippen molar-refractivity contribution >= 4 is 37.5 Å². The highest BCUT2D eigenvalue weighted by Crippen LogP contribution is 2.29. The van der Waals surface area contributed by atoms with Crippen LogP contribution in [0.4, 0.5) is 5.69 Å². The van der Waals surface area contributed by atoms with E-state index >= 15 is 0 Å². The van der Waals surface area contributed by atoms with Crippen molar-refractivity contribution < 1.29 is 22.7 Å². The molecule has 0 bridgehead atoms. The smallest absolute Gasteiger partial charge is 0.243 e. The molecule has 2 aromatic rings. The number of rotatable bonds is 11. The van der Waals surface area contributed by atoms with Crippen molar-refractivity contribution in [3.05, 3.63) is 46.4 Å². The van der Waals surface area contributed by atoms with Gasteiger partial charge < -0.3 is 14.8 Å². The average Bonchev–Trinajstić information content (AvgIpc) is 2.73. The van der Waals surface area contributed by atoms with Gasteiger partial charge in [-0.2, -0.15) is 4.31 Å². The summed E-state index contributed by atoms with van der Waals surface area (Å²) < 4.78 is 38.8. The summed E-state index contributed by atoms with van der Waals surface area (Å²) >= 11 is 3.46. The van der Waals surface area contributed by atoms with Crippen molar-refractivity contribution in [2.24, 2.45) is 0 Å². The van der Waals surface area contributed by atoms with Crippen molar-refractivity contribution in [3.63, 3.8) is 0 Å². The monoisotopic (exact) mass is 512 g/mol. The van der Waals surface area contributed by atoms with Crippen molar-refractivity contribution in [2.45, 2.75) is 38.5 Å². The van der Waals surface area contributed by atoms with Crippen LogP contribution in [0.1, 0.15) is 32.3 Å². The molecule has 170 valence electrons. The molecule has 0 aromatic heterocycles. The van der Waals surface area contributed by atoms with Gasteiger partial charge in [0, 0.05) is 19.5 Å². The molecule has 0 spiro atoms. The highest BCUT2D eigenvalue weighted by molar-refractivity contribution is 9.10. The molecule has 0 heterocycles. The highest BCUT2D eigenvalue weighted by Gasteiger charge is 2.23. The lowest BCUT2D eigenvalue weighted by atomic mass is 10.2. The number of nitrogens with one attached hydrogen (secondary N) is 1. The number of carbonyl (C=O) groups is 1. The summed E-state index contributed by atoms with van der Waals surface area (Å²) in [5, 5.41) is 2.75. The molecule has 0 atom stereocenters. The van der Waals surface area contributed by atoms with Crippen LogP contribution in [-0.2, 0) is 14.8 Å². The molecular weight excluding hydrogens is 484 g/mol. The number of methoxy groups -OCH3 is 1. The van der Waals surface area contributed by atoms with E-state index in [0.717, 1.165) is 15.8 Å². The SMILES string of the molecule is CCN(CC)S(=O)(=O)c1ccc(OC)c(NC(=O)CCCOc2ccc(C)cc2Br)c1. The molecule has 1 N–H and O–H groups in total. The van der Waals surface area contributed by atoms with Gasteiger partial charge in [-0.15, -0.1) is 0 Å². The predicted octanol–water partition coefficient (Wildman–Crippen LogP) is 4.59. The molecule has 0 aliphatic heterocycles. The Morgan fingerprint density at radius 2 is 1.77 bits per heavy atom. The van der Waals surface area contributed by atoms with Crippen LogP contribution in [0, 0.1) is 6.92 Å². The molecule has 9 heteroatoms. The highest BCUT2D eigenvalue weighted by atomic mass is 79.9. The maximum absolute atomic E-state index is 12.8. The van der Waals surface area contributed by atoms with E-state index in [-0.39, 0.29) is 17.2 Å². The van der Waals surface area contributed by atoms with E-state index in [1.54, 1.807) is 19.9 Å². The number of sulfonamides is 1. The zero-order valence-electron chi connectivity index (χ0n) is 18.3. The zero-order chi connectivity index (χ0) is 23.0. The van der Waals surface area contributed by atoms with E-state index < -0.39 is 10.0 Å². The maximum atomic E-state index is 12.8. The van der Waals surface area contributed by atoms with Crippen LogP contribution in [0.15, 0.2) is 45.8 Å². The Balaban J connectivity index is 2.01. The van der Waals surface area contributed by atoms with Gasteiger partial charge in [0.05, 0.1) is 28.8 Å². The summed E-state index contributed by atoms with van der Waals surface area (Å²) in [5.74, 6) is 0.871. The number of hydrogen-bond acceptors (Lipinski definition) is 5. The molecule has 0 aliphatic carbocycles. The van der Waals surface area contributed by atoms with Gasteiger partial charge in [0.2, 0.25) is 15.9 Å². The Bertz CT molecular complexity index is 1010. The lowest BCUT2D eigenvalue weighted by Gasteiger charge is -2.19. The van der Waals surface area contributed by atoms with Crippen LogP contribution < -0.4 is 14.8 Å². The number of anilines is 1. The number of benzene rings is 2. The van der Waals surface area contributed by atoms with Gasteiger partial charge in [-0.05, 0) is 65.2 Å². The summed E-state index contributed by atoms with van der Waals surface area (Å²) in [5.41, 5.74) is 1.45. The van der Waals surface area contributed by atoms with Gasteiger partial charge in [0.15, 0.2) is 0 Å². The number of hydrogen-bond donors (Lipinski definition) is 1. The average molecular weight is 513 g/mol. The Kier molecular flexibility index (Phi) is 9.33. The molecule has 7 nitrogen and oxygen atoms in total. The van der Waals surface area contributed by atoms with E-state index in [1.807, 2.05) is 25.1 Å². The molecule has 0 aliphatic rings. The van der Waals surface area contributed by atoms with Crippen LogP contribution in [0.5, 0.6) is 11.5 Å². The topological polar surface area (TPSA) is 84.9 Å². The number of aryl methyl sites for hydroxylation is 1. The summed E-state index contributed by atoms with van der Waals surface area (Å²) in [4.78, 5) is 12.5. The number of amides is 1. The van der Waals surface area contributed by atoms with Crippen molar-refractivity contribution in [2.75, 3.05) is 32.1 Å². The summed E-state index contributed by atoms with van der Waals surface area (Å²) in [6.07, 6.45) is 0.728. The third-order valence-corrected chi connectivity index (χ3v) is 7.35. The van der Waals surface area contributed by atoms with Crippen LogP contribution in [0.2, 0.25) is 0 Å². The fourth-order valence-electron chi connectivity index (χ4n) is 3.01. The first-order valence-corrected chi connectivity index (χ1v) is 12.3. The molecule has 31 heavy (non-hydrogen) atoms. The second-order valence-corrected chi connectivity index (χ2v) is 9.68. The maximum Gasteiger partial charge on any atom is 0.243 e. The largest absolute Gasteiger partial charge is 0.495 e. The minimum absolute atomic E-state index is 0.111. The Morgan fingerprint density at radius 3 is 2.39 bits per heavy atom. The first-order valence-electron chi connectivity index (χ1n) is 10.1. The normalized spacial score (nSPS) is 11.4. The van der Waals surface area contributed by atoms with Gasteiger partial charge in [0.25, 0.3) is 0 Å². The van der Waals surface area contributed by atoms with Crippen LogP contribution in [0.25, 0.3) is 0 Å².